The number of aryl methyl sites for hydroxylation is 1. The number of hydrazine groups is 1. The van der Waals surface area contributed by atoms with Gasteiger partial charge in [0.2, 0.25) is 0 Å². The van der Waals surface area contributed by atoms with Crippen LogP contribution in [0.4, 0.5) is 5.69 Å². The number of ether oxygens (including phenoxy) is 3. The number of esters is 1. The summed E-state index contributed by atoms with van der Waals surface area (Å²) in [5.74, 6) is -0.579. The molecule has 46 heavy (non-hydrogen) atoms. The number of pyridine rings is 1. The Labute approximate surface area is 271 Å². The lowest BCUT2D eigenvalue weighted by atomic mass is 9.84. The molecule has 3 aromatic rings. The van der Waals surface area contributed by atoms with Gasteiger partial charge in [0, 0.05) is 67.1 Å². The average Bonchev–Trinajstić information content (AvgIpc) is 3.37. The molecule has 5 heterocycles. The second kappa shape index (κ2) is 13.3. The molecular formula is C35H48N6O5. The largest absolute Gasteiger partial charge is 0.464 e. The zero-order valence-corrected chi connectivity index (χ0v) is 27.8. The van der Waals surface area contributed by atoms with Gasteiger partial charge in [-0.05, 0) is 75.4 Å². The molecule has 3 aliphatic heterocycles. The molecule has 3 aliphatic rings. The molecule has 0 spiro atoms. The van der Waals surface area contributed by atoms with Crippen molar-refractivity contribution < 1.29 is 23.8 Å². The first-order valence-electron chi connectivity index (χ1n) is 16.6. The molecule has 0 radical (unpaired) electrons. The molecule has 6 bridgehead atoms. The maximum absolute atomic E-state index is 13.4. The van der Waals surface area contributed by atoms with E-state index in [1.54, 1.807) is 7.11 Å². The van der Waals surface area contributed by atoms with Crippen LogP contribution in [0.25, 0.3) is 22.2 Å². The van der Waals surface area contributed by atoms with Crippen molar-refractivity contribution in [1.29, 1.82) is 0 Å². The number of anilines is 1. The van der Waals surface area contributed by atoms with Gasteiger partial charge >= 0.3 is 5.97 Å². The van der Waals surface area contributed by atoms with E-state index >= 15 is 0 Å². The number of hydrogen-bond donors (Lipinski definition) is 2. The Bertz CT molecular complexity index is 1590. The van der Waals surface area contributed by atoms with Crippen LogP contribution in [0.1, 0.15) is 64.3 Å². The number of carbonyl (C=O) groups is 2. The van der Waals surface area contributed by atoms with Gasteiger partial charge < -0.3 is 29.4 Å². The van der Waals surface area contributed by atoms with Crippen LogP contribution in [-0.4, -0.2) is 84.6 Å². The molecule has 1 amide bonds. The van der Waals surface area contributed by atoms with Crippen LogP contribution < -0.4 is 16.1 Å². The van der Waals surface area contributed by atoms with Gasteiger partial charge in [-0.25, -0.2) is 5.43 Å². The minimum absolute atomic E-state index is 0.193. The maximum atomic E-state index is 13.4. The minimum Gasteiger partial charge on any atom is -0.464 e. The molecule has 0 aliphatic carbocycles. The van der Waals surface area contributed by atoms with Gasteiger partial charge in [0.25, 0.3) is 5.91 Å². The molecule has 0 unspecified atom stereocenters. The van der Waals surface area contributed by atoms with Crippen molar-refractivity contribution in [3.63, 3.8) is 0 Å². The fraction of sp³-hybridized carbons (Fsp3) is 0.571. The van der Waals surface area contributed by atoms with E-state index in [0.29, 0.717) is 45.4 Å². The summed E-state index contributed by atoms with van der Waals surface area (Å²) in [5, 5.41) is 2.66. The van der Waals surface area contributed by atoms with E-state index in [1.807, 2.05) is 19.2 Å². The third kappa shape index (κ3) is 6.38. The summed E-state index contributed by atoms with van der Waals surface area (Å²) in [4.78, 5) is 33.8. The van der Waals surface area contributed by atoms with E-state index in [4.69, 9.17) is 24.9 Å². The van der Waals surface area contributed by atoms with E-state index in [2.05, 4.69) is 59.9 Å². The number of amides is 1. The number of rotatable bonds is 4. The number of carbonyl (C=O) groups excluding carboxylic acids is 2. The molecule has 4 atom stereocenters. The third-order valence-electron chi connectivity index (χ3n) is 9.64. The van der Waals surface area contributed by atoms with Crippen molar-refractivity contribution >= 4 is 28.5 Å². The molecule has 11 heteroatoms. The standard InChI is InChI=1S/C35H48N6O5/c1-6-40-30-12-11-23-17-26(30)27(32(40)25-9-7-13-37-31(25)22(2)44-5)19-35(3,4)21-46-34(43)29-10-8-14-41(38-29)33(42)28(36)18-24-20-39(23)15-16-45-24/h7,9,11-13,17,22,24,28-29,38H,6,8,10,14-16,18-21,36H2,1-5H3/t22-,24-,28-,29-/m0/s1. The van der Waals surface area contributed by atoms with Crippen LogP contribution in [0.3, 0.4) is 0 Å². The van der Waals surface area contributed by atoms with Crippen LogP contribution in [0.15, 0.2) is 36.5 Å². The smallest absolute Gasteiger partial charge is 0.324 e. The highest BCUT2D eigenvalue weighted by Crippen LogP contribution is 2.42. The van der Waals surface area contributed by atoms with Crippen molar-refractivity contribution in [2.24, 2.45) is 11.1 Å². The van der Waals surface area contributed by atoms with Crippen LogP contribution >= 0.6 is 0 Å². The van der Waals surface area contributed by atoms with Crippen molar-refractivity contribution in [3.8, 4) is 11.3 Å². The van der Waals surface area contributed by atoms with Crippen molar-refractivity contribution in [2.45, 2.75) is 84.2 Å². The van der Waals surface area contributed by atoms with Crippen molar-refractivity contribution in [3.05, 3.63) is 47.8 Å². The number of nitrogens with one attached hydrogen (secondary N) is 1. The SMILES string of the molecule is CCn1c(-c2cccnc2[C@H](C)OC)c2c3cc(ccc31)N1CCO[C@@H](C[C@H](N)C(=O)N3CCC[C@H](N3)C(=O)OCC(C)(C)C2)C1. The predicted molar refractivity (Wildman–Crippen MR) is 177 cm³/mol. The topological polar surface area (TPSA) is 124 Å². The van der Waals surface area contributed by atoms with Gasteiger partial charge in [-0.15, -0.1) is 0 Å². The summed E-state index contributed by atoms with van der Waals surface area (Å²) in [6.45, 7) is 11.9. The Kier molecular flexibility index (Phi) is 9.38. The Balaban J connectivity index is 1.49. The number of fused-ring (bicyclic) bond motifs is 6. The molecular weight excluding hydrogens is 584 g/mol. The van der Waals surface area contributed by atoms with Gasteiger partial charge in [0.15, 0.2) is 0 Å². The molecule has 2 fully saturated rings. The number of aromatic nitrogens is 2. The second-order valence-corrected chi connectivity index (χ2v) is 13.6. The van der Waals surface area contributed by atoms with Gasteiger partial charge in [0.05, 0.1) is 42.9 Å². The zero-order valence-electron chi connectivity index (χ0n) is 27.8. The number of cyclic esters (lactones) is 1. The Morgan fingerprint density at radius 3 is 2.83 bits per heavy atom. The predicted octanol–water partition coefficient (Wildman–Crippen LogP) is 3.97. The molecule has 3 N–H and O–H groups in total. The lowest BCUT2D eigenvalue weighted by Crippen LogP contribution is -2.59. The quantitative estimate of drug-likeness (QED) is 0.411. The summed E-state index contributed by atoms with van der Waals surface area (Å²) in [5.41, 5.74) is 15.6. The van der Waals surface area contributed by atoms with E-state index in [9.17, 15) is 9.59 Å². The minimum atomic E-state index is -0.747. The molecule has 2 aromatic heterocycles. The number of benzene rings is 1. The fourth-order valence-electron chi connectivity index (χ4n) is 7.17. The first-order chi connectivity index (χ1) is 22.1. The average molecular weight is 633 g/mol. The van der Waals surface area contributed by atoms with E-state index in [1.165, 1.54) is 10.6 Å². The highest BCUT2D eigenvalue weighted by atomic mass is 16.5. The Morgan fingerprint density at radius 1 is 1.22 bits per heavy atom. The van der Waals surface area contributed by atoms with Gasteiger partial charge in [0.1, 0.15) is 6.04 Å². The summed E-state index contributed by atoms with van der Waals surface area (Å²) >= 11 is 0. The number of nitrogens with zero attached hydrogens (tertiary/aromatic N) is 4. The van der Waals surface area contributed by atoms with E-state index in [-0.39, 0.29) is 30.7 Å². The molecule has 6 rings (SSSR count). The maximum Gasteiger partial charge on any atom is 0.324 e. The first kappa shape index (κ1) is 32.4. The molecule has 1 aromatic carbocycles. The van der Waals surface area contributed by atoms with Gasteiger partial charge in [-0.3, -0.25) is 19.6 Å². The zero-order chi connectivity index (χ0) is 32.6. The Hall–Kier alpha value is -3.51. The highest BCUT2D eigenvalue weighted by Gasteiger charge is 2.35. The number of morpholine rings is 1. The summed E-state index contributed by atoms with van der Waals surface area (Å²) in [7, 11) is 1.71. The van der Waals surface area contributed by atoms with Gasteiger partial charge in [-0.1, -0.05) is 13.8 Å². The number of hydrogen-bond acceptors (Lipinski definition) is 9. The lowest BCUT2D eigenvalue weighted by molar-refractivity contribution is -0.155. The number of methoxy groups -OCH3 is 1. The molecule has 2 saturated heterocycles. The van der Waals surface area contributed by atoms with E-state index in [0.717, 1.165) is 46.6 Å². The van der Waals surface area contributed by atoms with Crippen LogP contribution in [0.5, 0.6) is 0 Å². The Morgan fingerprint density at radius 2 is 2.04 bits per heavy atom. The first-order valence-corrected chi connectivity index (χ1v) is 16.6. The normalized spacial score (nSPS) is 24.9. The summed E-state index contributed by atoms with van der Waals surface area (Å²) in [6.07, 6.45) is 3.77. The van der Waals surface area contributed by atoms with Gasteiger partial charge in [-0.2, -0.15) is 0 Å². The monoisotopic (exact) mass is 632 g/mol. The highest BCUT2D eigenvalue weighted by molar-refractivity contribution is 5.94. The lowest BCUT2D eigenvalue weighted by Gasteiger charge is -2.37. The molecule has 11 nitrogen and oxygen atoms in total. The van der Waals surface area contributed by atoms with Crippen molar-refractivity contribution in [1.82, 2.24) is 20.0 Å². The van der Waals surface area contributed by atoms with Crippen LogP contribution in [0.2, 0.25) is 0 Å². The number of nitrogens with two attached hydrogens (primary N) is 1. The third-order valence-corrected chi connectivity index (χ3v) is 9.64. The molecule has 248 valence electrons. The van der Waals surface area contributed by atoms with Crippen LogP contribution in [-0.2, 0) is 36.8 Å². The second-order valence-electron chi connectivity index (χ2n) is 13.6. The van der Waals surface area contributed by atoms with Crippen molar-refractivity contribution in [2.75, 3.05) is 44.9 Å². The summed E-state index contributed by atoms with van der Waals surface area (Å²) in [6, 6.07) is 9.44. The summed E-state index contributed by atoms with van der Waals surface area (Å²) < 4.78 is 20.2. The molecule has 0 saturated carbocycles. The van der Waals surface area contributed by atoms with Crippen LogP contribution in [0, 0.1) is 5.41 Å². The van der Waals surface area contributed by atoms with E-state index < -0.39 is 17.5 Å². The fourth-order valence-corrected chi connectivity index (χ4v) is 7.17.